The fraction of sp³-hybridized carbons (Fsp3) is 0.407. The summed E-state index contributed by atoms with van der Waals surface area (Å²) in [5.74, 6) is 0.477. The van der Waals surface area contributed by atoms with Crippen molar-refractivity contribution in [2.75, 3.05) is 19.6 Å². The number of rotatable bonds is 5. The molecular weight excluding hydrogens is 442 g/mol. The van der Waals surface area contributed by atoms with E-state index in [1.807, 2.05) is 42.5 Å². The van der Waals surface area contributed by atoms with Gasteiger partial charge in [-0.25, -0.2) is 9.36 Å². The van der Waals surface area contributed by atoms with Crippen molar-refractivity contribution in [3.63, 3.8) is 0 Å². The largest absolute Gasteiger partial charge is 0.382 e. The Hall–Kier alpha value is -3.20. The number of nitrogens with zero attached hydrogens (tertiary/aromatic N) is 4. The lowest BCUT2D eigenvalue weighted by Crippen LogP contribution is -2.75. The molecule has 2 N–H and O–H groups in total. The molecule has 2 aromatic heterocycles. The minimum Gasteiger partial charge on any atom is -0.382 e. The van der Waals surface area contributed by atoms with Gasteiger partial charge in [0.25, 0.3) is 5.56 Å². The summed E-state index contributed by atoms with van der Waals surface area (Å²) in [7, 11) is 0. The molecule has 0 bridgehead atoms. The van der Waals surface area contributed by atoms with Crippen molar-refractivity contribution in [1.82, 2.24) is 24.3 Å². The standard InChI is InChI=1S/C27H30N5O3/c33-23(20-4-2-1-3-5-20)17-32(25(35)21-6-7-21)26-30-22(19-8-12-28-13-9-19)16-24(34)31(26)15-11-27(32)10-14-29-18-27/h1-5,8-9,12-13,16,21,23,29,33H,6-7,10-11,14-15,17-18H2/q+1/t23-,27?,32?/m1/s1. The van der Waals surface area contributed by atoms with Gasteiger partial charge in [-0.15, -0.1) is 0 Å². The number of carbonyl (C=O) groups excluding carboxylic acids is 1. The van der Waals surface area contributed by atoms with Gasteiger partial charge in [0.05, 0.1) is 18.2 Å². The Balaban J connectivity index is 1.59. The molecule has 3 aromatic rings. The molecule has 0 radical (unpaired) electrons. The maximum atomic E-state index is 14.4. The quantitative estimate of drug-likeness (QED) is 0.554. The maximum Gasteiger partial charge on any atom is 0.324 e. The first-order valence-corrected chi connectivity index (χ1v) is 12.4. The minimum absolute atomic E-state index is 0.0662. The molecule has 3 aliphatic rings. The Morgan fingerprint density at radius 1 is 1.17 bits per heavy atom. The van der Waals surface area contributed by atoms with Crippen LogP contribution in [0, 0.1) is 5.92 Å². The van der Waals surface area contributed by atoms with E-state index in [1.165, 1.54) is 0 Å². The molecule has 2 aliphatic heterocycles. The third-order valence-corrected chi connectivity index (χ3v) is 8.07. The fourth-order valence-electron chi connectivity index (χ4n) is 6.04. The molecule has 2 unspecified atom stereocenters. The number of hydrogen-bond donors (Lipinski definition) is 2. The topological polar surface area (TPSA) is 97.1 Å². The SMILES string of the molecule is O=C(C1CC1)[N+]1(C[C@@H](O)c2ccccc2)c2nc(-c3ccncc3)cc(=O)n2CCC12CCNC2. The van der Waals surface area contributed by atoms with Gasteiger partial charge < -0.3 is 10.4 Å². The van der Waals surface area contributed by atoms with E-state index in [2.05, 4.69) is 10.3 Å². The van der Waals surface area contributed by atoms with Crippen LogP contribution < -0.4 is 15.4 Å². The number of pyridine rings is 1. The van der Waals surface area contributed by atoms with Crippen LogP contribution >= 0.6 is 0 Å². The molecule has 1 aliphatic carbocycles. The van der Waals surface area contributed by atoms with Gasteiger partial charge in [0, 0.05) is 50.0 Å². The molecule has 1 amide bonds. The highest BCUT2D eigenvalue weighted by Gasteiger charge is 2.65. The molecular formula is C27H30N5O3+. The van der Waals surface area contributed by atoms with Gasteiger partial charge in [0.15, 0.2) is 0 Å². The van der Waals surface area contributed by atoms with Crippen LogP contribution in [0.4, 0.5) is 5.95 Å². The van der Waals surface area contributed by atoms with E-state index in [4.69, 9.17) is 4.98 Å². The highest BCUT2D eigenvalue weighted by Crippen LogP contribution is 2.48. The van der Waals surface area contributed by atoms with Crippen molar-refractivity contribution in [2.45, 2.75) is 43.9 Å². The van der Waals surface area contributed by atoms with Crippen LogP contribution in [0.2, 0.25) is 0 Å². The molecule has 180 valence electrons. The van der Waals surface area contributed by atoms with Crippen molar-refractivity contribution >= 4 is 11.9 Å². The predicted octanol–water partition coefficient (Wildman–Crippen LogP) is 2.42. The molecule has 1 saturated heterocycles. The summed E-state index contributed by atoms with van der Waals surface area (Å²) in [6.07, 6.45) is 5.64. The third-order valence-electron chi connectivity index (χ3n) is 8.07. The monoisotopic (exact) mass is 472 g/mol. The van der Waals surface area contributed by atoms with Gasteiger partial charge in [0.1, 0.15) is 18.2 Å². The fourth-order valence-corrected chi connectivity index (χ4v) is 6.04. The Labute approximate surface area is 203 Å². The number of benzene rings is 1. The summed E-state index contributed by atoms with van der Waals surface area (Å²) >= 11 is 0. The second-order valence-electron chi connectivity index (χ2n) is 10.1. The summed E-state index contributed by atoms with van der Waals surface area (Å²) < 4.78 is 1.58. The zero-order valence-electron chi connectivity index (χ0n) is 19.6. The van der Waals surface area contributed by atoms with Crippen LogP contribution in [0.1, 0.15) is 37.4 Å². The van der Waals surface area contributed by atoms with Crippen molar-refractivity contribution in [3.8, 4) is 11.3 Å². The van der Waals surface area contributed by atoms with Crippen LogP contribution in [0.3, 0.4) is 0 Å². The number of aliphatic hydroxyl groups is 1. The number of quaternary nitrogens is 1. The predicted molar refractivity (Wildman–Crippen MR) is 132 cm³/mol. The average molecular weight is 473 g/mol. The molecule has 1 spiro atoms. The van der Waals surface area contributed by atoms with Crippen LogP contribution in [0.5, 0.6) is 0 Å². The maximum absolute atomic E-state index is 14.4. The number of fused-ring (bicyclic) bond motifs is 1. The molecule has 8 nitrogen and oxygen atoms in total. The van der Waals surface area contributed by atoms with Gasteiger partial charge in [-0.2, -0.15) is 9.47 Å². The molecule has 2 fully saturated rings. The number of aromatic nitrogens is 3. The smallest absolute Gasteiger partial charge is 0.324 e. The van der Waals surface area contributed by atoms with Gasteiger partial charge in [-0.1, -0.05) is 30.3 Å². The van der Waals surface area contributed by atoms with Gasteiger partial charge in [-0.3, -0.25) is 9.78 Å². The number of carbonyl (C=O) groups is 1. The number of nitrogens with one attached hydrogen (secondary N) is 1. The minimum atomic E-state index is -0.871. The molecule has 3 atom stereocenters. The highest BCUT2D eigenvalue weighted by atomic mass is 16.3. The summed E-state index contributed by atoms with van der Waals surface area (Å²) in [5, 5.41) is 15.0. The first kappa shape index (κ1) is 22.3. The first-order valence-electron chi connectivity index (χ1n) is 12.4. The molecule has 1 saturated carbocycles. The average Bonchev–Trinajstić information content (AvgIpc) is 3.64. The van der Waals surface area contributed by atoms with E-state index < -0.39 is 11.6 Å². The Kier molecular flexibility index (Phi) is 5.40. The summed E-state index contributed by atoms with van der Waals surface area (Å²) in [6, 6.07) is 14.7. The van der Waals surface area contributed by atoms with E-state index in [0.29, 0.717) is 31.2 Å². The van der Waals surface area contributed by atoms with Crippen molar-refractivity contribution in [3.05, 3.63) is 76.8 Å². The number of amides is 1. The third kappa shape index (κ3) is 3.55. The Morgan fingerprint density at radius 3 is 2.63 bits per heavy atom. The van der Waals surface area contributed by atoms with Crippen molar-refractivity contribution in [2.24, 2.45) is 5.92 Å². The normalized spacial score (nSPS) is 26.4. The number of aliphatic hydroxyl groups excluding tert-OH is 1. The zero-order chi connectivity index (χ0) is 24.0. The van der Waals surface area contributed by atoms with Gasteiger partial charge in [0.2, 0.25) is 0 Å². The van der Waals surface area contributed by atoms with E-state index in [0.717, 1.165) is 36.9 Å². The van der Waals surface area contributed by atoms with Crippen LogP contribution in [0.25, 0.3) is 11.3 Å². The van der Waals surface area contributed by atoms with Crippen LogP contribution in [0.15, 0.2) is 65.7 Å². The van der Waals surface area contributed by atoms with Crippen LogP contribution in [-0.2, 0) is 11.3 Å². The highest BCUT2D eigenvalue weighted by molar-refractivity contribution is 5.92. The van der Waals surface area contributed by atoms with Gasteiger partial charge >= 0.3 is 11.9 Å². The molecule has 4 heterocycles. The summed E-state index contributed by atoms with van der Waals surface area (Å²) in [5.41, 5.74) is 1.46. The van der Waals surface area contributed by atoms with Gasteiger partial charge in [-0.05, 0) is 30.5 Å². The zero-order valence-corrected chi connectivity index (χ0v) is 19.6. The second kappa shape index (κ2) is 8.48. The first-order chi connectivity index (χ1) is 17.0. The lowest BCUT2D eigenvalue weighted by molar-refractivity contribution is -0.142. The Morgan fingerprint density at radius 2 is 1.94 bits per heavy atom. The summed E-state index contributed by atoms with van der Waals surface area (Å²) in [4.78, 5) is 37.0. The number of hydrogen-bond acceptors (Lipinski definition) is 6. The van der Waals surface area contributed by atoms with E-state index in [9.17, 15) is 14.7 Å². The van der Waals surface area contributed by atoms with Crippen molar-refractivity contribution < 1.29 is 9.90 Å². The van der Waals surface area contributed by atoms with E-state index in [-0.39, 0.29) is 28.4 Å². The lowest BCUT2D eigenvalue weighted by Gasteiger charge is -2.51. The van der Waals surface area contributed by atoms with E-state index in [1.54, 1.807) is 23.0 Å². The van der Waals surface area contributed by atoms with Crippen LogP contribution in [-0.4, -0.2) is 50.7 Å². The molecule has 6 rings (SSSR count). The molecule has 1 aromatic carbocycles. The molecule has 8 heteroatoms. The Bertz CT molecular complexity index is 1300. The summed E-state index contributed by atoms with van der Waals surface area (Å²) in [6.45, 7) is 2.13. The van der Waals surface area contributed by atoms with Crippen molar-refractivity contribution in [1.29, 1.82) is 0 Å². The van der Waals surface area contributed by atoms with E-state index >= 15 is 0 Å². The second-order valence-corrected chi connectivity index (χ2v) is 10.1. The molecule has 35 heavy (non-hydrogen) atoms. The lowest BCUT2D eigenvalue weighted by atomic mass is 9.84.